The SMILES string of the molecule is Nc1c(Br)cccc1-c1nc(C2CCCS2)no1. The van der Waals surface area contributed by atoms with Crippen LogP contribution in [0.25, 0.3) is 11.5 Å². The summed E-state index contributed by atoms with van der Waals surface area (Å²) in [6.07, 6.45) is 2.34. The third kappa shape index (κ3) is 2.14. The monoisotopic (exact) mass is 325 g/mol. The zero-order valence-electron chi connectivity index (χ0n) is 9.60. The van der Waals surface area contributed by atoms with E-state index < -0.39 is 0 Å². The Bertz CT molecular complexity index is 566. The highest BCUT2D eigenvalue weighted by Gasteiger charge is 2.23. The van der Waals surface area contributed by atoms with E-state index in [4.69, 9.17) is 10.3 Å². The molecule has 2 aromatic rings. The van der Waals surface area contributed by atoms with Crippen LogP contribution in [-0.4, -0.2) is 15.9 Å². The molecule has 0 bridgehead atoms. The van der Waals surface area contributed by atoms with Crippen molar-refractivity contribution in [2.75, 3.05) is 11.5 Å². The number of thioether (sulfide) groups is 1. The van der Waals surface area contributed by atoms with Crippen molar-refractivity contribution >= 4 is 33.4 Å². The van der Waals surface area contributed by atoms with Crippen molar-refractivity contribution in [3.8, 4) is 11.5 Å². The molecule has 1 aliphatic rings. The van der Waals surface area contributed by atoms with Crippen LogP contribution in [0, 0.1) is 0 Å². The number of nitrogen functional groups attached to an aromatic ring is 1. The fourth-order valence-electron chi connectivity index (χ4n) is 1.98. The highest BCUT2D eigenvalue weighted by atomic mass is 79.9. The van der Waals surface area contributed by atoms with Crippen molar-refractivity contribution in [3.05, 3.63) is 28.5 Å². The van der Waals surface area contributed by atoms with Gasteiger partial charge in [0.25, 0.3) is 5.89 Å². The minimum Gasteiger partial charge on any atom is -0.397 e. The molecule has 1 aromatic carbocycles. The third-order valence-corrected chi connectivity index (χ3v) is 5.01. The van der Waals surface area contributed by atoms with E-state index in [9.17, 15) is 0 Å². The fourth-order valence-corrected chi connectivity index (χ4v) is 3.54. The Hall–Kier alpha value is -1.01. The predicted octanol–water partition coefficient (Wildman–Crippen LogP) is 3.65. The average molecular weight is 326 g/mol. The second-order valence-electron chi connectivity index (χ2n) is 4.16. The number of nitrogens with two attached hydrogens (primary N) is 1. The first-order chi connectivity index (χ1) is 8.75. The van der Waals surface area contributed by atoms with Gasteiger partial charge >= 0.3 is 0 Å². The molecule has 0 aliphatic carbocycles. The molecule has 1 saturated heterocycles. The van der Waals surface area contributed by atoms with Crippen molar-refractivity contribution in [3.63, 3.8) is 0 Å². The molecule has 4 nitrogen and oxygen atoms in total. The number of halogens is 1. The number of benzene rings is 1. The number of nitrogens with zero attached hydrogens (tertiary/aromatic N) is 2. The second-order valence-corrected chi connectivity index (χ2v) is 6.33. The molecule has 1 unspecified atom stereocenters. The van der Waals surface area contributed by atoms with Gasteiger partial charge in [0, 0.05) is 4.47 Å². The standard InChI is InChI=1S/C12H12BrN3OS/c13-8-4-1-3-7(10(8)14)12-15-11(16-17-12)9-5-2-6-18-9/h1,3-4,9H,2,5-6,14H2. The Morgan fingerprint density at radius 3 is 3.11 bits per heavy atom. The smallest absolute Gasteiger partial charge is 0.260 e. The number of anilines is 1. The first kappa shape index (κ1) is 12.0. The molecule has 0 spiro atoms. The molecule has 1 fully saturated rings. The van der Waals surface area contributed by atoms with Crippen molar-refractivity contribution in [2.45, 2.75) is 18.1 Å². The van der Waals surface area contributed by atoms with Crippen LogP contribution in [0.5, 0.6) is 0 Å². The predicted molar refractivity (Wildman–Crippen MR) is 76.3 cm³/mol. The Morgan fingerprint density at radius 1 is 1.44 bits per heavy atom. The van der Waals surface area contributed by atoms with Crippen LogP contribution in [0.3, 0.4) is 0 Å². The minimum atomic E-state index is 0.371. The largest absolute Gasteiger partial charge is 0.397 e. The van der Waals surface area contributed by atoms with Gasteiger partial charge in [0.1, 0.15) is 0 Å². The van der Waals surface area contributed by atoms with Crippen LogP contribution in [0.4, 0.5) is 5.69 Å². The number of hydrogen-bond donors (Lipinski definition) is 1. The summed E-state index contributed by atoms with van der Waals surface area (Å²) in [5.74, 6) is 2.45. The lowest BCUT2D eigenvalue weighted by atomic mass is 10.2. The van der Waals surface area contributed by atoms with Gasteiger partial charge in [-0.2, -0.15) is 16.7 Å². The quantitative estimate of drug-likeness (QED) is 0.854. The molecule has 0 radical (unpaired) electrons. The molecule has 1 atom stereocenters. The lowest BCUT2D eigenvalue weighted by Gasteiger charge is -2.02. The van der Waals surface area contributed by atoms with Gasteiger partial charge < -0.3 is 10.3 Å². The summed E-state index contributed by atoms with van der Waals surface area (Å²) in [5.41, 5.74) is 7.41. The van der Waals surface area contributed by atoms with Crippen molar-refractivity contribution < 1.29 is 4.52 Å². The second kappa shape index (κ2) is 4.93. The molecule has 2 heterocycles. The number of aromatic nitrogens is 2. The Balaban J connectivity index is 1.95. The van der Waals surface area contributed by atoms with Gasteiger partial charge in [0.05, 0.1) is 16.5 Å². The first-order valence-electron chi connectivity index (χ1n) is 5.75. The van der Waals surface area contributed by atoms with E-state index in [0.717, 1.165) is 22.3 Å². The van der Waals surface area contributed by atoms with Crippen LogP contribution >= 0.6 is 27.7 Å². The molecule has 18 heavy (non-hydrogen) atoms. The van der Waals surface area contributed by atoms with Gasteiger partial charge in [0.15, 0.2) is 5.82 Å². The molecule has 1 aliphatic heterocycles. The van der Waals surface area contributed by atoms with Crippen LogP contribution in [-0.2, 0) is 0 Å². The summed E-state index contributed by atoms with van der Waals surface area (Å²) in [5, 5.41) is 4.44. The van der Waals surface area contributed by atoms with Crippen molar-refractivity contribution in [1.82, 2.24) is 10.1 Å². The zero-order chi connectivity index (χ0) is 12.5. The molecular weight excluding hydrogens is 314 g/mol. The molecule has 2 N–H and O–H groups in total. The normalized spacial score (nSPS) is 19.3. The van der Waals surface area contributed by atoms with Crippen LogP contribution in [0.15, 0.2) is 27.2 Å². The summed E-state index contributed by atoms with van der Waals surface area (Å²) in [6, 6.07) is 5.69. The summed E-state index contributed by atoms with van der Waals surface area (Å²) >= 11 is 5.28. The van der Waals surface area contributed by atoms with E-state index >= 15 is 0 Å². The number of hydrogen-bond acceptors (Lipinski definition) is 5. The van der Waals surface area contributed by atoms with Gasteiger partial charge in [0.2, 0.25) is 0 Å². The molecule has 1 aromatic heterocycles. The Labute approximate surface area is 117 Å². The van der Waals surface area contributed by atoms with Gasteiger partial charge in [-0.25, -0.2) is 0 Å². The minimum absolute atomic E-state index is 0.371. The lowest BCUT2D eigenvalue weighted by Crippen LogP contribution is -1.93. The van der Waals surface area contributed by atoms with Crippen molar-refractivity contribution in [2.24, 2.45) is 0 Å². The van der Waals surface area contributed by atoms with E-state index in [1.807, 2.05) is 30.0 Å². The van der Waals surface area contributed by atoms with E-state index in [1.54, 1.807) is 0 Å². The van der Waals surface area contributed by atoms with Crippen LogP contribution < -0.4 is 5.73 Å². The van der Waals surface area contributed by atoms with E-state index in [0.29, 0.717) is 16.8 Å². The highest BCUT2D eigenvalue weighted by molar-refractivity contribution is 9.10. The zero-order valence-corrected chi connectivity index (χ0v) is 12.0. The van der Waals surface area contributed by atoms with Gasteiger partial charge in [-0.1, -0.05) is 11.2 Å². The number of para-hydroxylation sites is 1. The topological polar surface area (TPSA) is 64.9 Å². The van der Waals surface area contributed by atoms with Crippen LogP contribution in [0.1, 0.15) is 23.9 Å². The molecular formula is C12H12BrN3OS. The summed E-state index contributed by atoms with van der Waals surface area (Å²) in [7, 11) is 0. The summed E-state index contributed by atoms with van der Waals surface area (Å²) < 4.78 is 6.17. The molecule has 0 saturated carbocycles. The van der Waals surface area contributed by atoms with E-state index in [2.05, 4.69) is 26.1 Å². The van der Waals surface area contributed by atoms with Crippen LogP contribution in [0.2, 0.25) is 0 Å². The highest BCUT2D eigenvalue weighted by Crippen LogP contribution is 2.39. The maximum Gasteiger partial charge on any atom is 0.260 e. The maximum absolute atomic E-state index is 6.00. The summed E-state index contributed by atoms with van der Waals surface area (Å²) in [6.45, 7) is 0. The van der Waals surface area contributed by atoms with Crippen molar-refractivity contribution in [1.29, 1.82) is 0 Å². The van der Waals surface area contributed by atoms with Gasteiger partial charge in [-0.3, -0.25) is 0 Å². The van der Waals surface area contributed by atoms with Gasteiger partial charge in [-0.05, 0) is 46.7 Å². The fraction of sp³-hybridized carbons (Fsp3) is 0.333. The third-order valence-electron chi connectivity index (χ3n) is 2.94. The molecule has 3 rings (SSSR count). The Morgan fingerprint density at radius 2 is 2.33 bits per heavy atom. The molecule has 0 amide bonds. The van der Waals surface area contributed by atoms with Gasteiger partial charge in [-0.15, -0.1) is 0 Å². The van der Waals surface area contributed by atoms with E-state index in [-0.39, 0.29) is 0 Å². The molecule has 6 heteroatoms. The Kier molecular flexibility index (Phi) is 3.30. The average Bonchev–Trinajstić information content (AvgIpc) is 3.01. The lowest BCUT2D eigenvalue weighted by molar-refractivity contribution is 0.421. The summed E-state index contributed by atoms with van der Waals surface area (Å²) in [4.78, 5) is 4.46. The maximum atomic E-state index is 6.00. The molecule has 94 valence electrons. The first-order valence-corrected chi connectivity index (χ1v) is 7.59. The van der Waals surface area contributed by atoms with E-state index in [1.165, 1.54) is 12.2 Å². The number of rotatable bonds is 2.